The van der Waals surface area contributed by atoms with Gasteiger partial charge in [0, 0.05) is 52.5 Å². The van der Waals surface area contributed by atoms with E-state index in [0.29, 0.717) is 5.69 Å². The zero-order valence-corrected chi connectivity index (χ0v) is 20.4. The predicted molar refractivity (Wildman–Crippen MR) is 135 cm³/mol. The number of nitrogen functional groups attached to an aromatic ring is 1. The lowest BCUT2D eigenvalue weighted by Gasteiger charge is -2.38. The number of nitrogens with two attached hydrogens (primary N) is 1. The molecule has 2 fully saturated rings. The van der Waals surface area contributed by atoms with Gasteiger partial charge in [0.05, 0.1) is 30.8 Å². The van der Waals surface area contributed by atoms with E-state index in [0.717, 1.165) is 77.0 Å². The van der Waals surface area contributed by atoms with Crippen LogP contribution in [0, 0.1) is 0 Å². The summed E-state index contributed by atoms with van der Waals surface area (Å²) in [6.07, 6.45) is 9.43. The Balaban J connectivity index is 1.15. The Bertz CT molecular complexity index is 693. The van der Waals surface area contributed by atoms with Crippen molar-refractivity contribution in [3.8, 4) is 0 Å². The van der Waals surface area contributed by atoms with E-state index >= 15 is 0 Å². The summed E-state index contributed by atoms with van der Waals surface area (Å²) in [4.78, 5) is 14.5. The molecular weight excluding hydrogens is 416 g/mol. The van der Waals surface area contributed by atoms with Crippen molar-refractivity contribution < 1.29 is 9.47 Å². The van der Waals surface area contributed by atoms with Crippen LogP contribution in [0.3, 0.4) is 0 Å². The lowest BCUT2D eigenvalue weighted by molar-refractivity contribution is 0.127. The van der Waals surface area contributed by atoms with Crippen LogP contribution >= 0.6 is 0 Å². The molecule has 8 nitrogen and oxygen atoms in total. The minimum absolute atomic E-state index is 0.713. The van der Waals surface area contributed by atoms with Crippen LogP contribution in [0.2, 0.25) is 0 Å². The van der Waals surface area contributed by atoms with Gasteiger partial charge in [-0.05, 0) is 70.8 Å². The molecule has 0 spiro atoms. The zero-order valence-electron chi connectivity index (χ0n) is 20.4. The number of rotatable bonds is 14. The van der Waals surface area contributed by atoms with E-state index in [1.54, 1.807) is 6.20 Å². The van der Waals surface area contributed by atoms with E-state index in [1.165, 1.54) is 65.0 Å². The normalized spacial score (nSPS) is 19.5. The second kappa shape index (κ2) is 13.3. The lowest BCUT2D eigenvalue weighted by Crippen LogP contribution is -2.44. The number of hydrogen-bond donors (Lipinski definition) is 1. The highest BCUT2D eigenvalue weighted by molar-refractivity contribution is 5.72. The van der Waals surface area contributed by atoms with E-state index in [4.69, 9.17) is 15.2 Å². The van der Waals surface area contributed by atoms with Gasteiger partial charge in [-0.3, -0.25) is 0 Å². The molecule has 186 valence electrons. The molecule has 4 heterocycles. The van der Waals surface area contributed by atoms with E-state index in [1.807, 2.05) is 0 Å². The first-order valence-electron chi connectivity index (χ1n) is 13.2. The molecule has 3 aliphatic rings. The molecule has 2 N–H and O–H groups in total. The van der Waals surface area contributed by atoms with E-state index in [9.17, 15) is 0 Å². The van der Waals surface area contributed by atoms with Crippen molar-refractivity contribution in [2.45, 2.75) is 38.5 Å². The highest BCUT2D eigenvalue weighted by Crippen LogP contribution is 2.32. The summed E-state index contributed by atoms with van der Waals surface area (Å²) in [5.74, 6) is 1.02. The zero-order chi connectivity index (χ0) is 22.7. The Morgan fingerprint density at radius 1 is 0.697 bits per heavy atom. The summed E-state index contributed by atoms with van der Waals surface area (Å²) in [6, 6.07) is 2.05. The standard InChI is InChI=1S/C25H44N6O2/c26-23-21-24-25(27-22-23)31(16-20-33-18-6-12-29-9-3-4-10-29)14-13-30(24)15-19-32-17-5-11-28-7-1-2-8-28/h21-22H,1-20,26H2. The maximum Gasteiger partial charge on any atom is 0.152 e. The lowest BCUT2D eigenvalue weighted by atomic mass is 10.2. The SMILES string of the molecule is Nc1cnc2c(c1)N(CCOCCCN1CCCC1)CCN2CCOCCCN1CCCC1. The van der Waals surface area contributed by atoms with E-state index in [-0.39, 0.29) is 0 Å². The highest BCUT2D eigenvalue weighted by Gasteiger charge is 2.24. The van der Waals surface area contributed by atoms with Crippen LogP contribution in [0.15, 0.2) is 12.3 Å². The van der Waals surface area contributed by atoms with Crippen LogP contribution in [0.5, 0.6) is 0 Å². The smallest absolute Gasteiger partial charge is 0.152 e. The molecule has 4 rings (SSSR count). The fraction of sp³-hybridized carbons (Fsp3) is 0.800. The maximum atomic E-state index is 6.08. The van der Waals surface area contributed by atoms with Crippen molar-refractivity contribution in [3.63, 3.8) is 0 Å². The Hall–Kier alpha value is -1.61. The molecular formula is C25H44N6O2. The van der Waals surface area contributed by atoms with Gasteiger partial charge in [0.1, 0.15) is 0 Å². The summed E-state index contributed by atoms with van der Waals surface area (Å²) in [6.45, 7) is 14.2. The summed E-state index contributed by atoms with van der Waals surface area (Å²) in [7, 11) is 0. The molecule has 8 heteroatoms. The first-order valence-corrected chi connectivity index (χ1v) is 13.2. The van der Waals surface area contributed by atoms with Crippen LogP contribution in [-0.2, 0) is 9.47 Å². The number of pyridine rings is 1. The first-order chi connectivity index (χ1) is 16.3. The molecule has 33 heavy (non-hydrogen) atoms. The van der Waals surface area contributed by atoms with Crippen LogP contribution in [0.4, 0.5) is 17.2 Å². The topological polar surface area (TPSA) is 70.3 Å². The average Bonchev–Trinajstić information content (AvgIpc) is 3.53. The molecule has 3 aliphatic heterocycles. The van der Waals surface area contributed by atoms with Gasteiger partial charge < -0.3 is 34.8 Å². The summed E-state index contributed by atoms with van der Waals surface area (Å²) < 4.78 is 11.9. The third kappa shape index (κ3) is 7.70. The summed E-state index contributed by atoms with van der Waals surface area (Å²) >= 11 is 0. The van der Waals surface area contributed by atoms with Crippen molar-refractivity contribution in [2.24, 2.45) is 0 Å². The van der Waals surface area contributed by atoms with Crippen molar-refractivity contribution in [3.05, 3.63) is 12.3 Å². The molecule has 0 radical (unpaired) electrons. The Morgan fingerprint density at radius 2 is 1.24 bits per heavy atom. The van der Waals surface area contributed by atoms with Gasteiger partial charge in [0.15, 0.2) is 5.82 Å². The van der Waals surface area contributed by atoms with E-state index in [2.05, 4.69) is 30.6 Å². The fourth-order valence-corrected chi connectivity index (χ4v) is 5.20. The third-order valence-electron chi connectivity index (χ3n) is 7.08. The maximum absolute atomic E-state index is 6.08. The average molecular weight is 461 g/mol. The molecule has 0 bridgehead atoms. The largest absolute Gasteiger partial charge is 0.397 e. The van der Waals surface area contributed by atoms with Gasteiger partial charge in [0.25, 0.3) is 0 Å². The molecule has 0 atom stereocenters. The number of anilines is 3. The van der Waals surface area contributed by atoms with E-state index < -0.39 is 0 Å². The van der Waals surface area contributed by atoms with Gasteiger partial charge in [-0.15, -0.1) is 0 Å². The molecule has 0 aromatic carbocycles. The molecule has 1 aromatic heterocycles. The highest BCUT2D eigenvalue weighted by atomic mass is 16.5. The minimum atomic E-state index is 0.713. The van der Waals surface area contributed by atoms with Crippen LogP contribution in [0.25, 0.3) is 0 Å². The third-order valence-corrected chi connectivity index (χ3v) is 7.08. The second-order valence-electron chi connectivity index (χ2n) is 9.61. The van der Waals surface area contributed by atoms with Crippen molar-refractivity contribution >= 4 is 17.2 Å². The number of likely N-dealkylation sites (tertiary alicyclic amines) is 2. The monoisotopic (exact) mass is 460 g/mol. The van der Waals surface area contributed by atoms with Crippen LogP contribution < -0.4 is 15.5 Å². The van der Waals surface area contributed by atoms with Crippen molar-refractivity contribution in [2.75, 3.05) is 107 Å². The number of nitrogens with zero attached hydrogens (tertiary/aromatic N) is 5. The molecule has 0 saturated carbocycles. The number of hydrogen-bond acceptors (Lipinski definition) is 8. The van der Waals surface area contributed by atoms with Crippen LogP contribution in [-0.4, -0.2) is 107 Å². The number of aromatic nitrogens is 1. The molecule has 0 aliphatic carbocycles. The Morgan fingerprint density at radius 3 is 1.85 bits per heavy atom. The Kier molecular flexibility index (Phi) is 9.90. The fourth-order valence-electron chi connectivity index (χ4n) is 5.20. The van der Waals surface area contributed by atoms with Gasteiger partial charge in [0.2, 0.25) is 0 Å². The minimum Gasteiger partial charge on any atom is -0.397 e. The van der Waals surface area contributed by atoms with Gasteiger partial charge in [-0.1, -0.05) is 0 Å². The van der Waals surface area contributed by atoms with Gasteiger partial charge in [-0.25, -0.2) is 4.98 Å². The molecule has 0 unspecified atom stereocenters. The van der Waals surface area contributed by atoms with Crippen molar-refractivity contribution in [1.82, 2.24) is 14.8 Å². The molecule has 0 amide bonds. The van der Waals surface area contributed by atoms with Gasteiger partial charge in [-0.2, -0.15) is 0 Å². The second-order valence-corrected chi connectivity index (χ2v) is 9.61. The number of fused-ring (bicyclic) bond motifs is 1. The first kappa shape index (κ1) is 24.5. The van der Waals surface area contributed by atoms with Crippen molar-refractivity contribution in [1.29, 1.82) is 0 Å². The molecule has 2 saturated heterocycles. The predicted octanol–water partition coefficient (Wildman–Crippen LogP) is 2.30. The molecule has 1 aromatic rings. The van der Waals surface area contributed by atoms with Crippen LogP contribution in [0.1, 0.15) is 38.5 Å². The quantitative estimate of drug-likeness (QED) is 0.424. The number of ether oxygens (including phenoxy) is 2. The summed E-state index contributed by atoms with van der Waals surface area (Å²) in [5, 5.41) is 0. The Labute approximate surface area is 200 Å². The summed E-state index contributed by atoms with van der Waals surface area (Å²) in [5.41, 5.74) is 7.91. The van der Waals surface area contributed by atoms with Gasteiger partial charge >= 0.3 is 0 Å².